The largest absolute Gasteiger partial charge is 0.487 e. The zero-order valence-corrected chi connectivity index (χ0v) is 10.7. The first kappa shape index (κ1) is 14.3. The lowest BCUT2D eigenvalue weighted by atomic mass is 10.2. The first-order valence-electron chi connectivity index (χ1n) is 5.35. The first-order chi connectivity index (χ1) is 9.38. The Labute approximate surface area is 115 Å². The summed E-state index contributed by atoms with van der Waals surface area (Å²) < 4.78 is 43.3. The quantitative estimate of drug-likeness (QED) is 0.940. The number of rotatable bonds is 4. The van der Waals surface area contributed by atoms with E-state index in [1.807, 2.05) is 0 Å². The summed E-state index contributed by atoms with van der Waals surface area (Å²) in [5, 5.41) is 8.56. The number of thiazole rings is 1. The maximum absolute atomic E-state index is 12.7. The van der Waals surface area contributed by atoms with Crippen molar-refractivity contribution in [2.24, 2.45) is 0 Å². The molecular weight excluding hydrogens is 295 g/mol. The summed E-state index contributed by atoms with van der Waals surface area (Å²) in [6, 6.07) is 4.83. The SMILES string of the molecule is O=C(O)c1ncc(COc2ccccc2C(F)(F)F)s1. The average molecular weight is 303 g/mol. The molecule has 0 aliphatic heterocycles. The lowest BCUT2D eigenvalue weighted by Gasteiger charge is -2.12. The molecule has 20 heavy (non-hydrogen) atoms. The standard InChI is InChI=1S/C12H8F3NO3S/c13-12(14,15)8-3-1-2-4-9(8)19-6-7-5-16-10(20-7)11(17)18/h1-5H,6H2,(H,17,18). The van der Waals surface area contributed by atoms with Crippen LogP contribution in [0.25, 0.3) is 0 Å². The summed E-state index contributed by atoms with van der Waals surface area (Å²) in [6.45, 7) is -0.169. The van der Waals surface area contributed by atoms with Gasteiger partial charge in [0.1, 0.15) is 12.4 Å². The second kappa shape index (κ2) is 5.49. The molecule has 0 fully saturated rings. The van der Waals surface area contributed by atoms with E-state index in [0.29, 0.717) is 4.88 Å². The number of aromatic carboxylic acids is 1. The van der Waals surface area contributed by atoms with Crippen molar-refractivity contribution in [3.8, 4) is 5.75 Å². The molecule has 1 aromatic carbocycles. The summed E-state index contributed by atoms with van der Waals surface area (Å²) in [6.07, 6.45) is -3.24. The molecule has 106 valence electrons. The topological polar surface area (TPSA) is 59.4 Å². The number of carboxylic acids is 1. The van der Waals surface area contributed by atoms with Crippen molar-refractivity contribution in [3.63, 3.8) is 0 Å². The highest BCUT2D eigenvalue weighted by Gasteiger charge is 2.34. The van der Waals surface area contributed by atoms with Gasteiger partial charge < -0.3 is 9.84 Å². The van der Waals surface area contributed by atoms with Crippen LogP contribution in [0.15, 0.2) is 30.5 Å². The smallest absolute Gasteiger partial charge is 0.419 e. The van der Waals surface area contributed by atoms with Gasteiger partial charge in [-0.15, -0.1) is 11.3 Å². The zero-order valence-electron chi connectivity index (χ0n) is 9.85. The summed E-state index contributed by atoms with van der Waals surface area (Å²) in [5.74, 6) is -1.48. The fraction of sp³-hybridized carbons (Fsp3) is 0.167. The van der Waals surface area contributed by atoms with Gasteiger partial charge in [0.15, 0.2) is 0 Å². The Morgan fingerprint density at radius 1 is 1.35 bits per heavy atom. The van der Waals surface area contributed by atoms with Crippen molar-refractivity contribution in [2.45, 2.75) is 12.8 Å². The number of ether oxygens (including phenoxy) is 1. The third kappa shape index (κ3) is 3.27. The predicted molar refractivity (Wildman–Crippen MR) is 64.8 cm³/mol. The van der Waals surface area contributed by atoms with Gasteiger partial charge >= 0.3 is 12.1 Å². The van der Waals surface area contributed by atoms with E-state index in [1.54, 1.807) is 0 Å². The molecule has 1 aromatic heterocycles. The molecule has 2 aromatic rings. The minimum Gasteiger partial charge on any atom is -0.487 e. The van der Waals surface area contributed by atoms with E-state index in [4.69, 9.17) is 9.84 Å². The van der Waals surface area contributed by atoms with Crippen molar-refractivity contribution in [2.75, 3.05) is 0 Å². The molecule has 0 aliphatic rings. The van der Waals surface area contributed by atoms with Gasteiger partial charge in [-0.3, -0.25) is 0 Å². The van der Waals surface area contributed by atoms with Crippen molar-refractivity contribution < 1.29 is 27.8 Å². The number of halogens is 3. The van der Waals surface area contributed by atoms with Crippen LogP contribution in [0, 0.1) is 0 Å². The third-order valence-corrected chi connectivity index (χ3v) is 3.26. The van der Waals surface area contributed by atoms with Crippen LogP contribution in [0.2, 0.25) is 0 Å². The number of carbonyl (C=O) groups is 1. The molecule has 0 bridgehead atoms. The third-order valence-electron chi connectivity index (χ3n) is 2.30. The van der Waals surface area contributed by atoms with Crippen LogP contribution < -0.4 is 4.74 Å². The second-order valence-electron chi connectivity index (χ2n) is 3.72. The average Bonchev–Trinajstić information content (AvgIpc) is 2.84. The molecule has 8 heteroatoms. The molecule has 0 unspecified atom stereocenters. The molecule has 0 saturated carbocycles. The Bertz CT molecular complexity index is 624. The minimum absolute atomic E-state index is 0.132. The molecule has 0 atom stereocenters. The fourth-order valence-corrected chi connectivity index (χ4v) is 2.11. The van der Waals surface area contributed by atoms with Gasteiger partial charge in [0, 0.05) is 6.20 Å². The number of carboxylic acid groups (broad SMARTS) is 1. The lowest BCUT2D eigenvalue weighted by Crippen LogP contribution is -2.08. The molecule has 0 saturated heterocycles. The van der Waals surface area contributed by atoms with Crippen molar-refractivity contribution >= 4 is 17.3 Å². The Morgan fingerprint density at radius 3 is 2.65 bits per heavy atom. The van der Waals surface area contributed by atoms with Gasteiger partial charge in [-0.2, -0.15) is 13.2 Å². The number of aromatic nitrogens is 1. The molecule has 0 spiro atoms. The highest BCUT2D eigenvalue weighted by atomic mass is 32.1. The maximum atomic E-state index is 12.7. The van der Waals surface area contributed by atoms with Gasteiger partial charge in [-0.25, -0.2) is 9.78 Å². The highest BCUT2D eigenvalue weighted by molar-refractivity contribution is 7.13. The Kier molecular flexibility index (Phi) is 3.93. The number of nitrogens with zero attached hydrogens (tertiary/aromatic N) is 1. The number of para-hydroxylation sites is 1. The molecule has 1 heterocycles. The predicted octanol–water partition coefficient (Wildman–Crippen LogP) is 3.44. The van der Waals surface area contributed by atoms with Crippen molar-refractivity contribution in [3.05, 3.63) is 45.9 Å². The van der Waals surface area contributed by atoms with Gasteiger partial charge in [0.25, 0.3) is 0 Å². The number of hydrogen-bond donors (Lipinski definition) is 1. The number of benzene rings is 1. The molecule has 0 aliphatic carbocycles. The van der Waals surface area contributed by atoms with Crippen LogP contribution in [0.3, 0.4) is 0 Å². The Hall–Kier alpha value is -2.09. The van der Waals surface area contributed by atoms with Crippen LogP contribution in [0.4, 0.5) is 13.2 Å². The van der Waals surface area contributed by atoms with Crippen LogP contribution in [0.5, 0.6) is 5.75 Å². The monoisotopic (exact) mass is 303 g/mol. The summed E-state index contributed by atoms with van der Waals surface area (Å²) in [7, 11) is 0. The van der Waals surface area contributed by atoms with E-state index >= 15 is 0 Å². The van der Waals surface area contributed by atoms with E-state index in [1.165, 1.54) is 24.4 Å². The van der Waals surface area contributed by atoms with Gasteiger partial charge in [0.2, 0.25) is 5.01 Å². The van der Waals surface area contributed by atoms with E-state index in [0.717, 1.165) is 17.4 Å². The van der Waals surface area contributed by atoms with Crippen LogP contribution >= 0.6 is 11.3 Å². The summed E-state index contributed by atoms with van der Waals surface area (Å²) in [4.78, 5) is 14.7. The molecule has 0 radical (unpaired) electrons. The first-order valence-corrected chi connectivity index (χ1v) is 6.16. The molecule has 4 nitrogen and oxygen atoms in total. The lowest BCUT2D eigenvalue weighted by molar-refractivity contribution is -0.139. The highest BCUT2D eigenvalue weighted by Crippen LogP contribution is 2.36. The van der Waals surface area contributed by atoms with Crippen LogP contribution in [0.1, 0.15) is 20.2 Å². The van der Waals surface area contributed by atoms with E-state index < -0.39 is 17.7 Å². The van der Waals surface area contributed by atoms with Gasteiger partial charge in [0.05, 0.1) is 10.4 Å². The normalized spacial score (nSPS) is 11.3. The second-order valence-corrected chi connectivity index (χ2v) is 4.83. The number of alkyl halides is 3. The maximum Gasteiger partial charge on any atom is 0.419 e. The summed E-state index contributed by atoms with van der Waals surface area (Å²) in [5.41, 5.74) is -0.872. The number of hydrogen-bond acceptors (Lipinski definition) is 4. The Balaban J connectivity index is 2.13. The van der Waals surface area contributed by atoms with E-state index in [2.05, 4.69) is 4.98 Å². The molecule has 2 rings (SSSR count). The minimum atomic E-state index is -4.50. The molecular formula is C12H8F3NO3S. The van der Waals surface area contributed by atoms with Crippen molar-refractivity contribution in [1.82, 2.24) is 4.98 Å². The van der Waals surface area contributed by atoms with Gasteiger partial charge in [-0.1, -0.05) is 12.1 Å². The zero-order chi connectivity index (χ0) is 14.8. The Morgan fingerprint density at radius 2 is 2.05 bits per heavy atom. The van der Waals surface area contributed by atoms with E-state index in [-0.39, 0.29) is 17.4 Å². The van der Waals surface area contributed by atoms with Crippen LogP contribution in [-0.4, -0.2) is 16.1 Å². The summed E-state index contributed by atoms with van der Waals surface area (Å²) >= 11 is 0.857. The van der Waals surface area contributed by atoms with Crippen LogP contribution in [-0.2, 0) is 12.8 Å². The van der Waals surface area contributed by atoms with Crippen molar-refractivity contribution in [1.29, 1.82) is 0 Å². The fourth-order valence-electron chi connectivity index (χ4n) is 1.45. The molecule has 1 N–H and O–H groups in total. The van der Waals surface area contributed by atoms with Gasteiger partial charge in [-0.05, 0) is 12.1 Å². The molecule has 0 amide bonds. The van der Waals surface area contributed by atoms with E-state index in [9.17, 15) is 18.0 Å².